The van der Waals surface area contributed by atoms with E-state index < -0.39 is 0 Å². The number of ether oxygens (including phenoxy) is 1. The van der Waals surface area contributed by atoms with Crippen molar-refractivity contribution >= 4 is 43.1 Å². The van der Waals surface area contributed by atoms with Gasteiger partial charge in [-0.15, -0.1) is 11.3 Å². The fraction of sp³-hybridized carbons (Fsp3) is 0.240. The first-order valence-electron chi connectivity index (χ1n) is 19.8. The summed E-state index contributed by atoms with van der Waals surface area (Å²) in [7, 11) is 0. The van der Waals surface area contributed by atoms with Gasteiger partial charge in [0.2, 0.25) is 0 Å². The number of hydrogen-bond acceptors (Lipinski definition) is 4. The van der Waals surface area contributed by atoms with Crippen molar-refractivity contribution in [3.63, 3.8) is 0 Å². The standard InChI is InChI=1S/C50H42N2OS/c1-2-35-46(30-14-5-3-6-15-30)51-50(52-47(35)31-16-7-4-8-17-31)34-19-11-18-32(28-34)36-21-12-23-39-40-24-13-22-37(45(40)49-48(53-49)44(36)39)33-26-27-43-41(29-33)38-20-9-10-25-42(38)54-43/h3-10,12-16,19-22,24-29,31,35,39,47-49H,2,11,17-18,23H2,1H3. The van der Waals surface area contributed by atoms with Crippen LogP contribution in [0.1, 0.15) is 67.7 Å². The van der Waals surface area contributed by atoms with Crippen LogP contribution < -0.4 is 0 Å². The average Bonchev–Trinajstić information content (AvgIpc) is 3.97. The van der Waals surface area contributed by atoms with E-state index in [-0.39, 0.29) is 24.2 Å². The molecule has 4 aromatic carbocycles. The fourth-order valence-electron chi connectivity index (χ4n) is 9.99. The molecular formula is C50H42N2OS. The molecule has 5 aromatic rings. The third-order valence-corrected chi connectivity index (χ3v) is 13.7. The number of hydrogen-bond donors (Lipinski definition) is 0. The van der Waals surface area contributed by atoms with Crippen molar-refractivity contribution in [1.29, 1.82) is 0 Å². The minimum Gasteiger partial charge on any atom is -0.360 e. The zero-order valence-electron chi connectivity index (χ0n) is 30.5. The quantitative estimate of drug-likeness (QED) is 0.161. The van der Waals surface area contributed by atoms with E-state index in [4.69, 9.17) is 14.7 Å². The van der Waals surface area contributed by atoms with Crippen LogP contribution in [0.4, 0.5) is 0 Å². The number of amidine groups is 1. The van der Waals surface area contributed by atoms with Crippen molar-refractivity contribution in [2.45, 2.75) is 63.2 Å². The van der Waals surface area contributed by atoms with Crippen molar-refractivity contribution in [1.82, 2.24) is 0 Å². The molecule has 1 fully saturated rings. The number of allylic oxidation sites excluding steroid dienone is 8. The van der Waals surface area contributed by atoms with Crippen LogP contribution in [0.2, 0.25) is 0 Å². The molecule has 3 heterocycles. The lowest BCUT2D eigenvalue weighted by Crippen LogP contribution is -2.37. The number of nitrogens with zero attached hydrogens (tertiary/aromatic N) is 2. The van der Waals surface area contributed by atoms with E-state index in [2.05, 4.69) is 147 Å². The highest BCUT2D eigenvalue weighted by Gasteiger charge is 2.53. The second kappa shape index (κ2) is 13.0. The van der Waals surface area contributed by atoms with Gasteiger partial charge in [0.25, 0.3) is 0 Å². The second-order valence-corrected chi connectivity index (χ2v) is 16.6. The molecule has 0 bridgehead atoms. The Morgan fingerprint density at radius 3 is 2.59 bits per heavy atom. The minimum atomic E-state index is 0.100. The summed E-state index contributed by atoms with van der Waals surface area (Å²) in [5.74, 6) is 1.85. The van der Waals surface area contributed by atoms with Gasteiger partial charge in [-0.05, 0) is 101 Å². The smallest absolute Gasteiger partial charge is 0.154 e. The Kier molecular flexibility index (Phi) is 7.78. The van der Waals surface area contributed by atoms with Gasteiger partial charge < -0.3 is 4.74 Å². The Bertz CT molecular complexity index is 2610. The molecular weight excluding hydrogens is 677 g/mol. The molecule has 11 rings (SSSR count). The van der Waals surface area contributed by atoms with Gasteiger partial charge >= 0.3 is 0 Å². The summed E-state index contributed by atoms with van der Waals surface area (Å²) in [6.07, 6.45) is 23.8. The van der Waals surface area contributed by atoms with Gasteiger partial charge in [0, 0.05) is 43.5 Å². The Morgan fingerprint density at radius 2 is 1.70 bits per heavy atom. The lowest BCUT2D eigenvalue weighted by Gasteiger charge is -2.34. The average molecular weight is 719 g/mol. The van der Waals surface area contributed by atoms with Crippen molar-refractivity contribution in [3.05, 3.63) is 179 Å². The minimum absolute atomic E-state index is 0.100. The highest BCUT2D eigenvalue weighted by atomic mass is 32.1. The Balaban J connectivity index is 0.974. The summed E-state index contributed by atoms with van der Waals surface area (Å²) in [5.41, 5.74) is 13.2. The normalized spacial score (nSPS) is 26.8. The third-order valence-electron chi connectivity index (χ3n) is 12.6. The van der Waals surface area contributed by atoms with E-state index in [0.29, 0.717) is 11.8 Å². The first kappa shape index (κ1) is 32.3. The van der Waals surface area contributed by atoms with Crippen LogP contribution in [0.5, 0.6) is 0 Å². The summed E-state index contributed by atoms with van der Waals surface area (Å²) < 4.78 is 9.41. The highest BCUT2D eigenvalue weighted by molar-refractivity contribution is 7.25. The maximum Gasteiger partial charge on any atom is 0.154 e. The third kappa shape index (κ3) is 5.26. The summed E-state index contributed by atoms with van der Waals surface area (Å²) in [6, 6.07) is 33.7. The molecule has 6 aliphatic rings. The molecule has 0 N–H and O–H groups in total. The van der Waals surface area contributed by atoms with Gasteiger partial charge in [0.15, 0.2) is 5.84 Å². The van der Waals surface area contributed by atoms with Crippen molar-refractivity contribution < 1.29 is 4.74 Å². The first-order chi connectivity index (χ1) is 26.7. The topological polar surface area (TPSA) is 37.2 Å². The van der Waals surface area contributed by atoms with Gasteiger partial charge in [0.05, 0.1) is 11.8 Å². The van der Waals surface area contributed by atoms with Gasteiger partial charge in [-0.25, -0.2) is 4.99 Å². The largest absolute Gasteiger partial charge is 0.360 e. The molecule has 54 heavy (non-hydrogen) atoms. The maximum atomic E-state index is 6.72. The molecule has 1 saturated heterocycles. The van der Waals surface area contributed by atoms with E-state index in [1.165, 1.54) is 70.4 Å². The highest BCUT2D eigenvalue weighted by Crippen LogP contribution is 2.60. The second-order valence-electron chi connectivity index (χ2n) is 15.6. The maximum absolute atomic E-state index is 6.72. The monoisotopic (exact) mass is 718 g/mol. The van der Waals surface area contributed by atoms with Gasteiger partial charge in [-0.2, -0.15) is 0 Å². The number of thiophene rings is 1. The van der Waals surface area contributed by atoms with Crippen molar-refractivity contribution in [2.24, 2.45) is 21.8 Å². The van der Waals surface area contributed by atoms with E-state index >= 15 is 0 Å². The molecule has 264 valence electrons. The molecule has 1 aromatic heterocycles. The van der Waals surface area contributed by atoms with Crippen LogP contribution in [0, 0.1) is 11.8 Å². The lowest BCUT2D eigenvalue weighted by molar-refractivity contribution is 0.389. The fourth-order valence-corrected chi connectivity index (χ4v) is 11.1. The summed E-state index contributed by atoms with van der Waals surface area (Å²) >= 11 is 1.88. The van der Waals surface area contributed by atoms with Gasteiger partial charge in [-0.3, -0.25) is 4.99 Å². The molecule has 0 saturated carbocycles. The molecule has 0 amide bonds. The SMILES string of the molecule is CCC1C(c2ccccc2)=NC(C2=CCCC(C3=C4C(CC=C3)c3cccc(-c5ccc6sc7ccccc7c6c5)c3C3OC43)=C2)=NC1C1C=CC=CC1. The molecule has 4 aliphatic carbocycles. The zero-order valence-corrected chi connectivity index (χ0v) is 31.3. The lowest BCUT2D eigenvalue weighted by atomic mass is 9.70. The van der Waals surface area contributed by atoms with Crippen LogP contribution in [0.25, 0.3) is 31.3 Å². The molecule has 4 heteroatoms. The Labute approximate surface area is 321 Å². The van der Waals surface area contributed by atoms with Gasteiger partial charge in [-0.1, -0.05) is 122 Å². The van der Waals surface area contributed by atoms with Crippen LogP contribution in [-0.2, 0) is 4.74 Å². The number of epoxide rings is 1. The Hall–Kier alpha value is -5.16. The predicted octanol–water partition coefficient (Wildman–Crippen LogP) is 12.6. The van der Waals surface area contributed by atoms with E-state index in [9.17, 15) is 0 Å². The predicted molar refractivity (Wildman–Crippen MR) is 226 cm³/mol. The van der Waals surface area contributed by atoms with E-state index in [1.807, 2.05) is 11.3 Å². The van der Waals surface area contributed by atoms with Crippen molar-refractivity contribution in [2.75, 3.05) is 0 Å². The molecule has 2 aliphatic heterocycles. The Morgan fingerprint density at radius 1 is 0.815 bits per heavy atom. The van der Waals surface area contributed by atoms with Crippen LogP contribution in [0.3, 0.4) is 0 Å². The number of benzene rings is 4. The summed E-state index contributed by atoms with van der Waals surface area (Å²) in [4.78, 5) is 10.9. The number of aliphatic imine (C=N–C) groups is 2. The number of fused-ring (bicyclic) bond motifs is 9. The molecule has 0 radical (unpaired) electrons. The van der Waals surface area contributed by atoms with Gasteiger partial charge in [0.1, 0.15) is 12.2 Å². The van der Waals surface area contributed by atoms with Crippen LogP contribution in [0.15, 0.2) is 172 Å². The first-order valence-corrected chi connectivity index (χ1v) is 20.6. The molecule has 6 unspecified atom stereocenters. The zero-order chi connectivity index (χ0) is 35.8. The molecule has 3 nitrogen and oxygen atoms in total. The molecule has 0 spiro atoms. The van der Waals surface area contributed by atoms with Crippen molar-refractivity contribution in [3.8, 4) is 11.1 Å². The van der Waals surface area contributed by atoms with E-state index in [0.717, 1.165) is 43.5 Å². The number of rotatable bonds is 6. The van der Waals surface area contributed by atoms with Crippen LogP contribution >= 0.6 is 11.3 Å². The van der Waals surface area contributed by atoms with E-state index in [1.54, 1.807) is 0 Å². The summed E-state index contributed by atoms with van der Waals surface area (Å²) in [6.45, 7) is 2.29. The summed E-state index contributed by atoms with van der Waals surface area (Å²) in [5, 5.41) is 2.69. The molecule has 6 atom stereocenters. The van der Waals surface area contributed by atoms with Crippen LogP contribution in [-0.4, -0.2) is 23.7 Å².